The topological polar surface area (TPSA) is 70.8 Å². The summed E-state index contributed by atoms with van der Waals surface area (Å²) in [6.45, 7) is 6.52. The van der Waals surface area contributed by atoms with Gasteiger partial charge in [-0.3, -0.25) is 0 Å². The summed E-state index contributed by atoms with van der Waals surface area (Å²) in [6, 6.07) is 5.73. The summed E-state index contributed by atoms with van der Waals surface area (Å²) >= 11 is 3.39. The summed E-state index contributed by atoms with van der Waals surface area (Å²) in [7, 11) is 0. The van der Waals surface area contributed by atoms with Crippen LogP contribution >= 0.6 is 15.9 Å². The zero-order valence-corrected chi connectivity index (χ0v) is 13.7. The van der Waals surface area contributed by atoms with Gasteiger partial charge in [-0.25, -0.2) is 4.98 Å². The number of rotatable bonds is 4. The van der Waals surface area contributed by atoms with E-state index in [9.17, 15) is 0 Å². The first kappa shape index (κ1) is 15.3. The Labute approximate surface area is 132 Å². The Morgan fingerprint density at radius 3 is 2.57 bits per heavy atom. The highest BCUT2D eigenvalue weighted by Crippen LogP contribution is 2.32. The van der Waals surface area contributed by atoms with Crippen LogP contribution in [0.1, 0.15) is 23.6 Å². The monoisotopic (exact) mass is 346 g/mol. The average molecular weight is 347 g/mol. The highest BCUT2D eigenvalue weighted by Gasteiger charge is 2.12. The molecule has 108 valence electrons. The lowest BCUT2D eigenvalue weighted by Crippen LogP contribution is -2.03. The number of aryl methyl sites for hydroxylation is 2. The van der Waals surface area contributed by atoms with Gasteiger partial charge in [-0.1, -0.05) is 0 Å². The molecule has 2 rings (SSSR count). The Morgan fingerprint density at radius 1 is 1.33 bits per heavy atom. The van der Waals surface area contributed by atoms with Gasteiger partial charge < -0.3 is 10.1 Å². The average Bonchev–Trinajstić information content (AvgIpc) is 2.46. The van der Waals surface area contributed by atoms with Crippen LogP contribution in [0.25, 0.3) is 0 Å². The minimum absolute atomic E-state index is 0.442. The Bertz CT molecular complexity index is 686. The molecule has 1 heterocycles. The van der Waals surface area contributed by atoms with Gasteiger partial charge in [0, 0.05) is 6.54 Å². The van der Waals surface area contributed by atoms with Crippen LogP contribution < -0.4 is 10.1 Å². The first-order valence-corrected chi connectivity index (χ1v) is 7.30. The SMILES string of the molecule is CCNc1ncc(Br)c(Oc2c(C)cc(C#N)cc2C)n1. The minimum atomic E-state index is 0.442. The number of hydrogen-bond donors (Lipinski definition) is 1. The second-order valence-electron chi connectivity index (χ2n) is 4.53. The highest BCUT2D eigenvalue weighted by molar-refractivity contribution is 9.10. The molecule has 1 N–H and O–H groups in total. The number of benzene rings is 1. The molecule has 0 saturated heterocycles. The van der Waals surface area contributed by atoms with Gasteiger partial charge in [-0.2, -0.15) is 10.2 Å². The number of anilines is 1. The predicted molar refractivity (Wildman–Crippen MR) is 84.6 cm³/mol. The van der Waals surface area contributed by atoms with Crippen molar-refractivity contribution in [1.29, 1.82) is 5.26 Å². The normalized spacial score (nSPS) is 10.0. The number of nitrogens with zero attached hydrogens (tertiary/aromatic N) is 3. The van der Waals surface area contributed by atoms with Crippen LogP contribution in [0.15, 0.2) is 22.8 Å². The number of nitriles is 1. The van der Waals surface area contributed by atoms with Crippen molar-refractivity contribution in [3.05, 3.63) is 39.5 Å². The molecule has 0 fully saturated rings. The van der Waals surface area contributed by atoms with Gasteiger partial charge in [0.15, 0.2) is 0 Å². The van der Waals surface area contributed by atoms with E-state index in [1.54, 1.807) is 18.3 Å². The van der Waals surface area contributed by atoms with Gasteiger partial charge in [-0.15, -0.1) is 0 Å². The van der Waals surface area contributed by atoms with E-state index in [2.05, 4.69) is 37.3 Å². The molecule has 0 unspecified atom stereocenters. The molecule has 0 aliphatic carbocycles. The lowest BCUT2D eigenvalue weighted by Gasteiger charge is -2.13. The largest absolute Gasteiger partial charge is 0.437 e. The molecule has 1 aromatic carbocycles. The maximum absolute atomic E-state index is 8.98. The highest BCUT2D eigenvalue weighted by atomic mass is 79.9. The van der Waals surface area contributed by atoms with E-state index in [0.717, 1.165) is 17.7 Å². The van der Waals surface area contributed by atoms with Gasteiger partial charge in [0.2, 0.25) is 11.8 Å². The molecule has 0 spiro atoms. The summed E-state index contributed by atoms with van der Waals surface area (Å²) < 4.78 is 6.58. The van der Waals surface area contributed by atoms with Crippen molar-refractivity contribution >= 4 is 21.9 Å². The van der Waals surface area contributed by atoms with Crippen molar-refractivity contribution in [3.63, 3.8) is 0 Å². The molecule has 0 aliphatic rings. The molecule has 5 nitrogen and oxygen atoms in total. The van der Waals surface area contributed by atoms with Crippen molar-refractivity contribution in [3.8, 4) is 17.7 Å². The van der Waals surface area contributed by atoms with E-state index in [-0.39, 0.29) is 0 Å². The molecule has 0 atom stereocenters. The second-order valence-corrected chi connectivity index (χ2v) is 5.38. The van der Waals surface area contributed by atoms with E-state index < -0.39 is 0 Å². The van der Waals surface area contributed by atoms with Gasteiger partial charge in [-0.05, 0) is 60.0 Å². The smallest absolute Gasteiger partial charge is 0.238 e. The number of nitrogens with one attached hydrogen (secondary N) is 1. The summed E-state index contributed by atoms with van der Waals surface area (Å²) in [5, 5.41) is 12.0. The maximum Gasteiger partial charge on any atom is 0.238 e. The zero-order valence-electron chi connectivity index (χ0n) is 12.1. The Hall–Kier alpha value is -2.13. The van der Waals surface area contributed by atoms with E-state index in [4.69, 9.17) is 10.00 Å². The Balaban J connectivity index is 2.38. The molecular formula is C15H15BrN4O. The van der Waals surface area contributed by atoms with Crippen molar-refractivity contribution in [2.75, 3.05) is 11.9 Å². The third-order valence-electron chi connectivity index (χ3n) is 2.83. The van der Waals surface area contributed by atoms with E-state index in [1.807, 2.05) is 20.8 Å². The standard InChI is InChI=1S/C15H15BrN4O/c1-4-18-15-19-8-12(16)14(20-15)21-13-9(2)5-11(7-17)6-10(13)3/h5-6,8H,4H2,1-3H3,(H,18,19,20). The second kappa shape index (κ2) is 6.55. The van der Waals surface area contributed by atoms with Crippen molar-refractivity contribution in [2.45, 2.75) is 20.8 Å². The van der Waals surface area contributed by atoms with E-state index in [1.165, 1.54) is 0 Å². The maximum atomic E-state index is 8.98. The van der Waals surface area contributed by atoms with Gasteiger partial charge in [0.25, 0.3) is 0 Å². The predicted octanol–water partition coefficient (Wildman–Crippen LogP) is 3.95. The Morgan fingerprint density at radius 2 is 2.00 bits per heavy atom. The van der Waals surface area contributed by atoms with Crippen LogP contribution in [0.3, 0.4) is 0 Å². The quantitative estimate of drug-likeness (QED) is 0.907. The number of ether oxygens (including phenoxy) is 1. The van der Waals surface area contributed by atoms with Crippen LogP contribution in [0.2, 0.25) is 0 Å². The molecule has 2 aromatic rings. The first-order chi connectivity index (χ1) is 10.0. The number of halogens is 1. The number of hydrogen-bond acceptors (Lipinski definition) is 5. The molecular weight excluding hydrogens is 332 g/mol. The van der Waals surface area contributed by atoms with Crippen molar-refractivity contribution in [2.24, 2.45) is 0 Å². The zero-order chi connectivity index (χ0) is 15.4. The molecule has 0 bridgehead atoms. The van der Waals surface area contributed by atoms with Crippen LogP contribution in [-0.4, -0.2) is 16.5 Å². The van der Waals surface area contributed by atoms with Crippen molar-refractivity contribution in [1.82, 2.24) is 9.97 Å². The number of aromatic nitrogens is 2. The summed E-state index contributed by atoms with van der Waals surface area (Å²) in [5.74, 6) is 1.66. The first-order valence-electron chi connectivity index (χ1n) is 6.50. The molecule has 1 aromatic heterocycles. The summed E-state index contributed by atoms with van der Waals surface area (Å²) in [4.78, 5) is 8.48. The fourth-order valence-electron chi connectivity index (χ4n) is 1.94. The minimum Gasteiger partial charge on any atom is -0.437 e. The molecule has 0 amide bonds. The third-order valence-corrected chi connectivity index (χ3v) is 3.38. The molecule has 21 heavy (non-hydrogen) atoms. The summed E-state index contributed by atoms with van der Waals surface area (Å²) in [5.41, 5.74) is 2.40. The molecule has 0 saturated carbocycles. The fourth-order valence-corrected chi connectivity index (χ4v) is 2.21. The fraction of sp³-hybridized carbons (Fsp3) is 0.267. The molecule has 6 heteroatoms. The van der Waals surface area contributed by atoms with Crippen LogP contribution in [0, 0.1) is 25.2 Å². The van der Waals surface area contributed by atoms with Gasteiger partial charge >= 0.3 is 0 Å². The van der Waals surface area contributed by atoms with E-state index in [0.29, 0.717) is 27.6 Å². The van der Waals surface area contributed by atoms with E-state index >= 15 is 0 Å². The molecule has 0 radical (unpaired) electrons. The van der Waals surface area contributed by atoms with Crippen LogP contribution in [0.4, 0.5) is 5.95 Å². The summed E-state index contributed by atoms with van der Waals surface area (Å²) in [6.07, 6.45) is 1.65. The van der Waals surface area contributed by atoms with Gasteiger partial charge in [0.1, 0.15) is 5.75 Å². The van der Waals surface area contributed by atoms with Gasteiger partial charge in [0.05, 0.1) is 22.3 Å². The van der Waals surface area contributed by atoms with Crippen molar-refractivity contribution < 1.29 is 4.74 Å². The lowest BCUT2D eigenvalue weighted by molar-refractivity contribution is 0.452. The lowest BCUT2D eigenvalue weighted by atomic mass is 10.1. The van der Waals surface area contributed by atoms with Crippen LogP contribution in [0.5, 0.6) is 11.6 Å². The Kier molecular flexibility index (Phi) is 4.76. The molecule has 0 aliphatic heterocycles. The van der Waals surface area contributed by atoms with Crippen LogP contribution in [-0.2, 0) is 0 Å². The third kappa shape index (κ3) is 3.50.